The molecule has 0 N–H and O–H groups in total. The maximum atomic E-state index is 7.82. The number of hydrogen-bond donors (Lipinski definition) is 0. The molecule has 3 heterocycles. The van der Waals surface area contributed by atoms with E-state index >= 15 is 0 Å². The smallest absolute Gasteiger partial charge is 0.215 e. The van der Waals surface area contributed by atoms with Crippen molar-refractivity contribution in [2.24, 2.45) is 7.05 Å². The van der Waals surface area contributed by atoms with Gasteiger partial charge < -0.3 is 0 Å². The zero-order valence-electron chi connectivity index (χ0n) is 18.2. The second-order valence-electron chi connectivity index (χ2n) is 7.16. The first-order valence-corrected chi connectivity index (χ1v) is 8.86. The van der Waals surface area contributed by atoms with E-state index in [-0.39, 0.29) is 0 Å². The van der Waals surface area contributed by atoms with Crippen molar-refractivity contribution < 1.29 is 8.68 Å². The lowest BCUT2D eigenvalue weighted by molar-refractivity contribution is -0.660. The molecule has 0 unspecified atom stereocenters. The Morgan fingerprint density at radius 2 is 1.92 bits per heavy atom. The summed E-state index contributed by atoms with van der Waals surface area (Å²) in [4.78, 5) is 4.91. The number of fused-ring (bicyclic) bond motifs is 5. The fourth-order valence-corrected chi connectivity index (χ4v) is 4.06. The number of benzene rings is 2. The van der Waals surface area contributed by atoms with Crippen LogP contribution in [-0.2, 0) is 13.5 Å². The Morgan fingerprint density at radius 1 is 1.08 bits per heavy atom. The monoisotopic (exact) mass is 343 g/mol. The highest BCUT2D eigenvalue weighted by Crippen LogP contribution is 2.37. The van der Waals surface area contributed by atoms with Crippen LogP contribution in [0.3, 0.4) is 0 Å². The summed E-state index contributed by atoms with van der Waals surface area (Å²) in [7, 11) is 1.91. The molecule has 0 saturated carbocycles. The minimum absolute atomic E-state index is 0.387. The number of aromatic nitrogens is 3. The number of imidazole rings is 1. The zero-order chi connectivity index (χ0) is 20.5. The van der Waals surface area contributed by atoms with Crippen LogP contribution in [0.25, 0.3) is 28.0 Å². The van der Waals surface area contributed by atoms with Crippen LogP contribution < -0.4 is 4.57 Å². The summed E-state index contributed by atoms with van der Waals surface area (Å²) in [5.74, 6) is 1.05. The second kappa shape index (κ2) is 5.28. The third kappa shape index (κ3) is 2.00. The molecule has 5 rings (SSSR count). The van der Waals surface area contributed by atoms with Crippen LogP contribution in [0.2, 0.25) is 0 Å². The number of hydrogen-bond acceptors (Lipinski definition) is 1. The average molecular weight is 343 g/mol. The van der Waals surface area contributed by atoms with Crippen molar-refractivity contribution in [3.8, 4) is 16.9 Å². The molecule has 0 spiro atoms. The van der Waals surface area contributed by atoms with E-state index in [4.69, 9.17) is 9.10 Å². The van der Waals surface area contributed by atoms with Crippen molar-refractivity contribution in [1.82, 2.24) is 9.55 Å². The molecule has 1 aliphatic rings. The van der Waals surface area contributed by atoms with Gasteiger partial charge in [0.25, 0.3) is 0 Å². The maximum Gasteiger partial charge on any atom is 0.215 e. The Labute approximate surface area is 157 Å². The average Bonchev–Trinajstić information content (AvgIpc) is 3.18. The van der Waals surface area contributed by atoms with Crippen LogP contribution >= 0.6 is 0 Å². The first-order valence-electron chi connectivity index (χ1n) is 10.4. The van der Waals surface area contributed by atoms with Crippen LogP contribution in [0.1, 0.15) is 32.2 Å². The molecular formula is C23H22N3+. The van der Waals surface area contributed by atoms with E-state index < -0.39 is 6.85 Å². The Balaban J connectivity index is 1.84. The quantitative estimate of drug-likeness (QED) is 0.415. The third-order valence-corrected chi connectivity index (χ3v) is 5.41. The van der Waals surface area contributed by atoms with E-state index in [1.54, 1.807) is 6.20 Å². The summed E-state index contributed by atoms with van der Waals surface area (Å²) in [5, 5.41) is 0. The van der Waals surface area contributed by atoms with Crippen LogP contribution in [0.15, 0.2) is 48.7 Å². The first kappa shape index (κ1) is 12.4. The lowest BCUT2D eigenvalue weighted by atomic mass is 10.00. The molecule has 128 valence electrons. The van der Waals surface area contributed by atoms with Gasteiger partial charge in [0.2, 0.25) is 5.69 Å². The highest BCUT2D eigenvalue weighted by Gasteiger charge is 2.27. The van der Waals surface area contributed by atoms with Crippen molar-refractivity contribution in [2.75, 3.05) is 0 Å². The number of nitrogens with zero attached hydrogens (tertiary/aromatic N) is 3. The predicted molar refractivity (Wildman–Crippen MR) is 105 cm³/mol. The molecule has 1 aliphatic heterocycles. The van der Waals surface area contributed by atoms with Gasteiger partial charge in [-0.2, -0.15) is 0 Å². The van der Waals surface area contributed by atoms with Gasteiger partial charge in [-0.3, -0.25) is 4.57 Å². The lowest BCUT2D eigenvalue weighted by Gasteiger charge is -2.11. The molecule has 3 nitrogen and oxygen atoms in total. The fourth-order valence-electron chi connectivity index (χ4n) is 4.06. The molecule has 0 saturated heterocycles. The summed E-state index contributed by atoms with van der Waals surface area (Å²) in [6.45, 7) is 1.84. The normalized spacial score (nSPS) is 14.7. The van der Waals surface area contributed by atoms with Gasteiger partial charge >= 0.3 is 0 Å². The molecule has 0 radical (unpaired) electrons. The van der Waals surface area contributed by atoms with Crippen LogP contribution in [0.4, 0.5) is 0 Å². The molecule has 2 aromatic heterocycles. The van der Waals surface area contributed by atoms with Crippen molar-refractivity contribution in [2.45, 2.75) is 27.1 Å². The number of pyridine rings is 1. The number of rotatable bonds is 1. The Hall–Kier alpha value is -2.94. The largest absolute Gasteiger partial charge is 0.295 e. The molecule has 26 heavy (non-hydrogen) atoms. The van der Waals surface area contributed by atoms with Crippen LogP contribution in [0, 0.1) is 20.7 Å². The minimum Gasteiger partial charge on any atom is -0.295 e. The summed E-state index contributed by atoms with van der Waals surface area (Å²) >= 11 is 0. The van der Waals surface area contributed by atoms with E-state index in [9.17, 15) is 0 Å². The van der Waals surface area contributed by atoms with Crippen LogP contribution in [0.5, 0.6) is 0 Å². The maximum absolute atomic E-state index is 7.82. The topological polar surface area (TPSA) is 21.7 Å². The van der Waals surface area contributed by atoms with Crippen molar-refractivity contribution in [3.05, 3.63) is 76.7 Å². The molecule has 0 atom stereocenters. The van der Waals surface area contributed by atoms with E-state index in [1.165, 1.54) is 11.3 Å². The summed E-state index contributed by atoms with van der Waals surface area (Å²) < 4.78 is 27.7. The van der Waals surface area contributed by atoms with Gasteiger partial charge in [-0.25, -0.2) is 9.55 Å². The highest BCUT2D eigenvalue weighted by molar-refractivity contribution is 5.95. The molecule has 2 aromatic carbocycles. The standard InChI is InChI=1S/C23H22N3/c1-14-9-10-18-23(22(14)20-11-15(2)16(3)13-25(20)4)26-19-8-6-5-7-17(19)12-21(26)24-18/h5-11,13H,12H2,1-4H3/q+1/i3D3. The Morgan fingerprint density at radius 3 is 2.77 bits per heavy atom. The van der Waals surface area contributed by atoms with E-state index in [0.717, 1.165) is 45.7 Å². The fraction of sp³-hybridized carbons (Fsp3) is 0.217. The van der Waals surface area contributed by atoms with E-state index in [1.807, 2.05) is 24.6 Å². The third-order valence-electron chi connectivity index (χ3n) is 5.41. The van der Waals surface area contributed by atoms with Gasteiger partial charge in [0.05, 0.1) is 22.3 Å². The van der Waals surface area contributed by atoms with Gasteiger partial charge in [-0.15, -0.1) is 0 Å². The van der Waals surface area contributed by atoms with Crippen molar-refractivity contribution in [3.63, 3.8) is 0 Å². The zero-order valence-corrected chi connectivity index (χ0v) is 15.2. The molecule has 0 bridgehead atoms. The summed E-state index contributed by atoms with van der Waals surface area (Å²) in [6.07, 6.45) is 2.57. The molecule has 3 heteroatoms. The van der Waals surface area contributed by atoms with E-state index in [0.29, 0.717) is 5.56 Å². The van der Waals surface area contributed by atoms with Gasteiger partial charge in [-0.05, 0) is 49.5 Å². The van der Waals surface area contributed by atoms with Gasteiger partial charge in [0.1, 0.15) is 12.9 Å². The molecular weight excluding hydrogens is 318 g/mol. The second-order valence-corrected chi connectivity index (χ2v) is 7.16. The number of para-hydroxylation sites is 1. The minimum atomic E-state index is -2.13. The van der Waals surface area contributed by atoms with Crippen molar-refractivity contribution >= 4 is 11.0 Å². The Bertz CT molecular complexity index is 1300. The molecule has 0 amide bonds. The lowest BCUT2D eigenvalue weighted by Crippen LogP contribution is -2.31. The van der Waals surface area contributed by atoms with Gasteiger partial charge in [0, 0.05) is 22.2 Å². The van der Waals surface area contributed by atoms with E-state index in [2.05, 4.69) is 47.9 Å². The van der Waals surface area contributed by atoms with Gasteiger partial charge in [-0.1, -0.05) is 24.3 Å². The summed E-state index contributed by atoms with van der Waals surface area (Å²) in [6, 6.07) is 14.6. The number of aryl methyl sites for hydroxylation is 4. The SMILES string of the molecule is [2H]C([2H])([2H])c1c[n+](C)c(-c2c(C)ccc3nc4n(c23)-c2ccccc2C4)cc1C. The molecule has 0 fully saturated rings. The predicted octanol–water partition coefficient (Wildman–Crippen LogP) is 4.35. The first-order chi connectivity index (χ1) is 13.8. The highest BCUT2D eigenvalue weighted by atomic mass is 15.1. The van der Waals surface area contributed by atoms with Crippen LogP contribution in [-0.4, -0.2) is 9.55 Å². The summed E-state index contributed by atoms with van der Waals surface area (Å²) in [5.41, 5.74) is 8.90. The Kier molecular flexibility index (Phi) is 2.52. The van der Waals surface area contributed by atoms with Gasteiger partial charge in [0.15, 0.2) is 6.20 Å². The van der Waals surface area contributed by atoms with Crippen molar-refractivity contribution in [1.29, 1.82) is 0 Å². The molecule has 0 aliphatic carbocycles. The molecule has 4 aromatic rings.